The lowest BCUT2D eigenvalue weighted by atomic mass is 10.2. The van der Waals surface area contributed by atoms with Gasteiger partial charge in [0.25, 0.3) is 5.56 Å². The van der Waals surface area contributed by atoms with Crippen LogP contribution in [0.5, 0.6) is 5.75 Å². The number of anilines is 1. The Labute approximate surface area is 183 Å². The van der Waals surface area contributed by atoms with Crippen LogP contribution in [0, 0.1) is 0 Å². The van der Waals surface area contributed by atoms with Crippen molar-refractivity contribution < 1.29 is 9.53 Å². The fraction of sp³-hybridized carbons (Fsp3) is 0.409. The first-order valence-corrected chi connectivity index (χ1v) is 11.9. The number of nitrogens with one attached hydrogen (secondary N) is 1. The molecule has 8 heteroatoms. The highest BCUT2D eigenvalue weighted by Gasteiger charge is 2.25. The molecule has 1 amide bonds. The summed E-state index contributed by atoms with van der Waals surface area (Å²) in [5, 5.41) is 3.92. The molecule has 3 aromatic rings. The van der Waals surface area contributed by atoms with Gasteiger partial charge in [-0.1, -0.05) is 24.8 Å². The Hall–Kier alpha value is -2.32. The van der Waals surface area contributed by atoms with Gasteiger partial charge in [0.1, 0.15) is 10.6 Å². The van der Waals surface area contributed by atoms with Gasteiger partial charge in [0, 0.05) is 23.2 Å². The first-order chi connectivity index (χ1) is 14.5. The summed E-state index contributed by atoms with van der Waals surface area (Å²) in [6.45, 7) is 4.47. The minimum absolute atomic E-state index is 0.0316. The van der Waals surface area contributed by atoms with Crippen molar-refractivity contribution in [1.29, 1.82) is 0 Å². The second-order valence-corrected chi connectivity index (χ2v) is 9.76. The number of fused-ring (bicyclic) bond motifs is 3. The first kappa shape index (κ1) is 20.9. The molecule has 1 N–H and O–H groups in total. The summed E-state index contributed by atoms with van der Waals surface area (Å²) in [6.07, 6.45) is 3.94. The summed E-state index contributed by atoms with van der Waals surface area (Å²) in [5.74, 6) is 0.544. The minimum Gasteiger partial charge on any atom is -0.497 e. The van der Waals surface area contributed by atoms with Gasteiger partial charge in [-0.15, -0.1) is 11.3 Å². The largest absolute Gasteiger partial charge is 0.497 e. The number of methoxy groups -OCH3 is 1. The molecule has 6 nitrogen and oxygen atoms in total. The van der Waals surface area contributed by atoms with E-state index < -0.39 is 5.25 Å². The third-order valence-corrected chi connectivity index (χ3v) is 7.50. The summed E-state index contributed by atoms with van der Waals surface area (Å²) in [4.78, 5) is 33.0. The molecule has 2 heterocycles. The van der Waals surface area contributed by atoms with E-state index in [1.807, 2.05) is 32.0 Å². The third kappa shape index (κ3) is 3.98. The number of ether oxygens (including phenoxy) is 1. The number of carbonyl (C=O) groups is 1. The number of thioether (sulfide) groups is 1. The van der Waals surface area contributed by atoms with E-state index in [4.69, 9.17) is 9.72 Å². The molecule has 0 saturated heterocycles. The number of aromatic nitrogens is 2. The van der Waals surface area contributed by atoms with E-state index in [1.165, 1.54) is 22.2 Å². The number of rotatable bonds is 7. The average molecular weight is 444 g/mol. The van der Waals surface area contributed by atoms with Gasteiger partial charge >= 0.3 is 0 Å². The van der Waals surface area contributed by atoms with E-state index in [0.29, 0.717) is 23.1 Å². The molecular formula is C22H25N3O3S2. The number of nitrogens with zero attached hydrogens (tertiary/aromatic N) is 2. The van der Waals surface area contributed by atoms with E-state index in [9.17, 15) is 9.59 Å². The highest BCUT2D eigenvalue weighted by atomic mass is 32.2. The minimum atomic E-state index is -0.407. The van der Waals surface area contributed by atoms with Crippen LogP contribution in [0.25, 0.3) is 10.2 Å². The van der Waals surface area contributed by atoms with E-state index in [-0.39, 0.29) is 11.5 Å². The molecule has 1 atom stereocenters. The highest BCUT2D eigenvalue weighted by molar-refractivity contribution is 8.00. The molecule has 0 bridgehead atoms. The maximum absolute atomic E-state index is 13.3. The summed E-state index contributed by atoms with van der Waals surface area (Å²) in [6, 6.07) is 7.26. The monoisotopic (exact) mass is 443 g/mol. The Morgan fingerprint density at radius 2 is 2.23 bits per heavy atom. The standard InChI is InChI=1S/C22H25N3O3S2/c1-4-11-25-21(27)18-16-9-6-10-17(16)30-20(18)24-22(25)29-13(2)19(26)23-14-7-5-8-15(12-14)28-3/h5,7-8,12-13H,4,6,9-11H2,1-3H3,(H,23,26). The van der Waals surface area contributed by atoms with Gasteiger partial charge in [-0.05, 0) is 50.3 Å². The molecule has 0 spiro atoms. The Morgan fingerprint density at radius 1 is 1.40 bits per heavy atom. The topological polar surface area (TPSA) is 73.2 Å². The number of hydrogen-bond acceptors (Lipinski definition) is 6. The zero-order valence-electron chi connectivity index (χ0n) is 17.4. The molecular weight excluding hydrogens is 418 g/mol. The lowest BCUT2D eigenvalue weighted by molar-refractivity contribution is -0.115. The van der Waals surface area contributed by atoms with Gasteiger partial charge in [-0.2, -0.15) is 0 Å². The number of benzene rings is 1. The lowest BCUT2D eigenvalue weighted by Crippen LogP contribution is -2.27. The molecule has 30 heavy (non-hydrogen) atoms. The van der Waals surface area contributed by atoms with Crippen LogP contribution in [0.3, 0.4) is 0 Å². The Bertz CT molecular complexity index is 1150. The Balaban J connectivity index is 1.61. The zero-order chi connectivity index (χ0) is 21.3. The molecule has 1 aliphatic carbocycles. The van der Waals surface area contributed by atoms with Gasteiger partial charge in [-0.25, -0.2) is 4.98 Å². The SMILES string of the molecule is CCCn1c(SC(C)C(=O)Nc2cccc(OC)c2)nc2sc3c(c2c1=O)CCC3. The van der Waals surface area contributed by atoms with Crippen LogP contribution >= 0.6 is 23.1 Å². The highest BCUT2D eigenvalue weighted by Crippen LogP contribution is 2.36. The molecule has 2 aromatic heterocycles. The van der Waals surface area contributed by atoms with Crippen molar-refractivity contribution in [2.45, 2.75) is 56.5 Å². The summed E-state index contributed by atoms with van der Waals surface area (Å²) in [7, 11) is 1.59. The van der Waals surface area contributed by atoms with Crippen molar-refractivity contribution in [3.63, 3.8) is 0 Å². The average Bonchev–Trinajstić information content (AvgIpc) is 3.31. The molecule has 4 rings (SSSR count). The fourth-order valence-electron chi connectivity index (χ4n) is 3.73. The van der Waals surface area contributed by atoms with Crippen LogP contribution in [-0.4, -0.2) is 27.8 Å². The molecule has 0 saturated carbocycles. The molecule has 1 aromatic carbocycles. The van der Waals surface area contributed by atoms with Crippen LogP contribution in [0.15, 0.2) is 34.2 Å². The van der Waals surface area contributed by atoms with E-state index in [2.05, 4.69) is 5.32 Å². The summed E-state index contributed by atoms with van der Waals surface area (Å²) in [5.41, 5.74) is 1.90. The molecule has 0 fully saturated rings. The number of hydrogen-bond donors (Lipinski definition) is 1. The second-order valence-electron chi connectivity index (χ2n) is 7.37. The zero-order valence-corrected chi connectivity index (χ0v) is 19.0. The van der Waals surface area contributed by atoms with E-state index >= 15 is 0 Å². The van der Waals surface area contributed by atoms with Gasteiger partial charge in [0.15, 0.2) is 5.16 Å². The quantitative estimate of drug-likeness (QED) is 0.430. The lowest BCUT2D eigenvalue weighted by Gasteiger charge is -2.15. The third-order valence-electron chi connectivity index (χ3n) is 5.23. The fourth-order valence-corrected chi connectivity index (χ4v) is 5.96. The van der Waals surface area contributed by atoms with Crippen LogP contribution < -0.4 is 15.6 Å². The van der Waals surface area contributed by atoms with Crippen LogP contribution in [-0.2, 0) is 24.2 Å². The summed E-state index contributed by atoms with van der Waals surface area (Å²) < 4.78 is 6.96. The van der Waals surface area contributed by atoms with Gasteiger partial charge < -0.3 is 10.1 Å². The molecule has 1 unspecified atom stereocenters. The first-order valence-electron chi connectivity index (χ1n) is 10.2. The van der Waals surface area contributed by atoms with Crippen LogP contribution in [0.2, 0.25) is 0 Å². The van der Waals surface area contributed by atoms with Gasteiger partial charge in [-0.3, -0.25) is 14.2 Å². The number of aryl methyl sites for hydroxylation is 2. The Kier molecular flexibility index (Phi) is 6.15. The van der Waals surface area contributed by atoms with Crippen molar-refractivity contribution in [3.05, 3.63) is 45.1 Å². The van der Waals surface area contributed by atoms with Crippen molar-refractivity contribution in [3.8, 4) is 5.75 Å². The Morgan fingerprint density at radius 3 is 3.00 bits per heavy atom. The molecule has 0 aliphatic heterocycles. The number of amides is 1. The number of thiophene rings is 1. The predicted octanol–water partition coefficient (Wildman–Crippen LogP) is 4.48. The summed E-state index contributed by atoms with van der Waals surface area (Å²) >= 11 is 2.96. The van der Waals surface area contributed by atoms with Crippen molar-refractivity contribution in [1.82, 2.24) is 9.55 Å². The van der Waals surface area contributed by atoms with Crippen molar-refractivity contribution in [2.75, 3.05) is 12.4 Å². The predicted molar refractivity (Wildman–Crippen MR) is 123 cm³/mol. The smallest absolute Gasteiger partial charge is 0.263 e. The maximum Gasteiger partial charge on any atom is 0.263 e. The second kappa shape index (κ2) is 8.81. The van der Waals surface area contributed by atoms with Gasteiger partial charge in [0.05, 0.1) is 17.7 Å². The van der Waals surface area contributed by atoms with Crippen molar-refractivity contribution >= 4 is 44.9 Å². The maximum atomic E-state index is 13.3. The molecule has 158 valence electrons. The normalized spacial score (nSPS) is 14.0. The van der Waals surface area contributed by atoms with Crippen LogP contribution in [0.4, 0.5) is 5.69 Å². The van der Waals surface area contributed by atoms with Crippen molar-refractivity contribution in [2.24, 2.45) is 0 Å². The van der Waals surface area contributed by atoms with Gasteiger partial charge in [0.2, 0.25) is 5.91 Å². The molecule has 0 radical (unpaired) electrons. The van der Waals surface area contributed by atoms with Crippen LogP contribution in [0.1, 0.15) is 37.1 Å². The van der Waals surface area contributed by atoms with E-state index in [0.717, 1.165) is 35.9 Å². The molecule has 1 aliphatic rings. The van der Waals surface area contributed by atoms with E-state index in [1.54, 1.807) is 29.1 Å². The number of carbonyl (C=O) groups excluding carboxylic acids is 1.